The summed E-state index contributed by atoms with van der Waals surface area (Å²) in [6.07, 6.45) is 0.170. The van der Waals surface area contributed by atoms with Gasteiger partial charge in [0.15, 0.2) is 11.6 Å². The summed E-state index contributed by atoms with van der Waals surface area (Å²) in [7, 11) is 0. The summed E-state index contributed by atoms with van der Waals surface area (Å²) in [4.78, 5) is 22.9. The van der Waals surface area contributed by atoms with E-state index in [0.29, 0.717) is 10.6 Å². The first-order valence-electron chi connectivity index (χ1n) is 6.03. The lowest BCUT2D eigenvalue weighted by molar-refractivity contribution is -0.143. The highest BCUT2D eigenvalue weighted by Crippen LogP contribution is 2.20. The predicted octanol–water partition coefficient (Wildman–Crippen LogP) is 2.13. The molecule has 7 heteroatoms. The molecule has 0 saturated carbocycles. The van der Waals surface area contributed by atoms with Crippen molar-refractivity contribution in [2.45, 2.75) is 18.2 Å². The van der Waals surface area contributed by atoms with Crippen molar-refractivity contribution in [3.63, 3.8) is 0 Å². The van der Waals surface area contributed by atoms with Crippen molar-refractivity contribution in [2.24, 2.45) is 0 Å². The second kappa shape index (κ2) is 8.52. The first kappa shape index (κ1) is 16.4. The summed E-state index contributed by atoms with van der Waals surface area (Å²) in [5.41, 5.74) is 0. The van der Waals surface area contributed by atoms with Gasteiger partial charge in [0, 0.05) is 17.1 Å². The van der Waals surface area contributed by atoms with Gasteiger partial charge in [-0.15, -0.1) is 11.8 Å². The van der Waals surface area contributed by atoms with Crippen LogP contribution in [0.5, 0.6) is 0 Å². The fourth-order valence-electron chi connectivity index (χ4n) is 1.30. The van der Waals surface area contributed by atoms with Crippen LogP contribution in [0.1, 0.15) is 13.3 Å². The second-order valence-corrected chi connectivity index (χ2v) is 4.92. The van der Waals surface area contributed by atoms with Gasteiger partial charge in [0.2, 0.25) is 5.91 Å². The van der Waals surface area contributed by atoms with E-state index in [2.05, 4.69) is 10.1 Å². The summed E-state index contributed by atoms with van der Waals surface area (Å²) in [5, 5.41) is 2.41. The van der Waals surface area contributed by atoms with Gasteiger partial charge >= 0.3 is 5.97 Å². The van der Waals surface area contributed by atoms with Crippen LogP contribution in [-0.2, 0) is 14.3 Å². The number of hydrogen-bond donors (Lipinski definition) is 1. The Balaban J connectivity index is 2.24. The number of carbonyl (C=O) groups excluding carboxylic acids is 2. The average molecular weight is 303 g/mol. The zero-order valence-corrected chi connectivity index (χ0v) is 11.8. The molecule has 1 N–H and O–H groups in total. The van der Waals surface area contributed by atoms with Crippen molar-refractivity contribution in [3.8, 4) is 0 Å². The predicted molar refractivity (Wildman–Crippen MR) is 71.3 cm³/mol. The van der Waals surface area contributed by atoms with Gasteiger partial charge in [-0.2, -0.15) is 0 Å². The molecule has 0 heterocycles. The van der Waals surface area contributed by atoms with Gasteiger partial charge < -0.3 is 10.1 Å². The van der Waals surface area contributed by atoms with E-state index in [1.54, 1.807) is 6.92 Å². The minimum atomic E-state index is -0.915. The molecular weight excluding hydrogens is 288 g/mol. The van der Waals surface area contributed by atoms with E-state index in [1.807, 2.05) is 0 Å². The standard InChI is InChI=1S/C13H15F2NO3S/c1-2-19-13(18)8-16-12(17)5-6-20-9-3-4-10(14)11(15)7-9/h3-4,7H,2,5-6,8H2,1H3,(H,16,17). The molecule has 1 aromatic carbocycles. The van der Waals surface area contributed by atoms with Crippen molar-refractivity contribution < 1.29 is 23.1 Å². The number of nitrogens with one attached hydrogen (secondary N) is 1. The number of ether oxygens (including phenoxy) is 1. The van der Waals surface area contributed by atoms with Crippen LogP contribution in [-0.4, -0.2) is 30.8 Å². The molecule has 0 aromatic heterocycles. The molecule has 0 aliphatic rings. The number of amides is 1. The highest BCUT2D eigenvalue weighted by Gasteiger charge is 2.07. The van der Waals surface area contributed by atoms with Crippen LogP contribution in [0.15, 0.2) is 23.1 Å². The van der Waals surface area contributed by atoms with Gasteiger partial charge in [-0.1, -0.05) is 0 Å². The van der Waals surface area contributed by atoms with E-state index < -0.39 is 17.6 Å². The number of benzene rings is 1. The Labute approximate surface area is 119 Å². The molecule has 0 aliphatic carbocycles. The summed E-state index contributed by atoms with van der Waals surface area (Å²) in [6.45, 7) is 1.78. The summed E-state index contributed by atoms with van der Waals surface area (Å²) >= 11 is 1.23. The molecule has 0 fully saturated rings. The van der Waals surface area contributed by atoms with Crippen LogP contribution in [0.3, 0.4) is 0 Å². The Kier molecular flexibility index (Phi) is 7.00. The van der Waals surface area contributed by atoms with E-state index in [1.165, 1.54) is 17.8 Å². The highest BCUT2D eigenvalue weighted by molar-refractivity contribution is 7.99. The quantitative estimate of drug-likeness (QED) is 0.619. The summed E-state index contributed by atoms with van der Waals surface area (Å²) in [5.74, 6) is -2.20. The van der Waals surface area contributed by atoms with Crippen molar-refractivity contribution in [1.29, 1.82) is 0 Å². The van der Waals surface area contributed by atoms with Crippen molar-refractivity contribution in [1.82, 2.24) is 5.32 Å². The molecule has 0 saturated heterocycles. The Hall–Kier alpha value is -1.63. The van der Waals surface area contributed by atoms with Gasteiger partial charge in [0.25, 0.3) is 0 Å². The minimum Gasteiger partial charge on any atom is -0.465 e. The van der Waals surface area contributed by atoms with Crippen molar-refractivity contribution >= 4 is 23.6 Å². The monoisotopic (exact) mass is 303 g/mol. The summed E-state index contributed by atoms with van der Waals surface area (Å²) < 4.78 is 30.3. The van der Waals surface area contributed by atoms with Crippen LogP contribution in [0, 0.1) is 11.6 Å². The van der Waals surface area contributed by atoms with Crippen molar-refractivity contribution in [3.05, 3.63) is 29.8 Å². The molecule has 0 aliphatic heterocycles. The van der Waals surface area contributed by atoms with Gasteiger partial charge in [-0.3, -0.25) is 9.59 Å². The number of esters is 1. The van der Waals surface area contributed by atoms with E-state index in [0.717, 1.165) is 12.1 Å². The molecule has 1 amide bonds. The van der Waals surface area contributed by atoms with Crippen LogP contribution >= 0.6 is 11.8 Å². The molecular formula is C13H15F2NO3S. The molecule has 4 nitrogen and oxygen atoms in total. The van der Waals surface area contributed by atoms with Gasteiger partial charge in [0.1, 0.15) is 6.54 Å². The Morgan fingerprint density at radius 2 is 2.05 bits per heavy atom. The largest absolute Gasteiger partial charge is 0.465 e. The lowest BCUT2D eigenvalue weighted by atomic mass is 10.3. The minimum absolute atomic E-state index is 0.164. The maximum atomic E-state index is 12.9. The van der Waals surface area contributed by atoms with Gasteiger partial charge in [-0.05, 0) is 25.1 Å². The van der Waals surface area contributed by atoms with Crippen LogP contribution in [0.2, 0.25) is 0 Å². The van der Waals surface area contributed by atoms with E-state index in [4.69, 9.17) is 0 Å². The number of carbonyl (C=O) groups is 2. The van der Waals surface area contributed by atoms with Crippen LogP contribution in [0.25, 0.3) is 0 Å². The third kappa shape index (κ3) is 6.01. The maximum Gasteiger partial charge on any atom is 0.325 e. The Morgan fingerprint density at radius 3 is 2.70 bits per heavy atom. The first-order chi connectivity index (χ1) is 9.52. The fourth-order valence-corrected chi connectivity index (χ4v) is 2.17. The van der Waals surface area contributed by atoms with Crippen LogP contribution in [0.4, 0.5) is 8.78 Å². The molecule has 1 rings (SSSR count). The Bertz CT molecular complexity index is 483. The summed E-state index contributed by atoms with van der Waals surface area (Å²) in [6, 6.07) is 3.56. The van der Waals surface area contributed by atoms with E-state index in [9.17, 15) is 18.4 Å². The number of rotatable bonds is 7. The smallest absolute Gasteiger partial charge is 0.325 e. The average Bonchev–Trinajstić information content (AvgIpc) is 2.41. The number of halogens is 2. The SMILES string of the molecule is CCOC(=O)CNC(=O)CCSc1ccc(F)c(F)c1. The van der Waals surface area contributed by atoms with Crippen LogP contribution < -0.4 is 5.32 Å². The lowest BCUT2D eigenvalue weighted by Gasteiger charge is -2.05. The lowest BCUT2D eigenvalue weighted by Crippen LogP contribution is -2.30. The molecule has 0 unspecified atom stereocenters. The molecule has 20 heavy (non-hydrogen) atoms. The Morgan fingerprint density at radius 1 is 1.30 bits per heavy atom. The maximum absolute atomic E-state index is 12.9. The molecule has 0 atom stereocenters. The topological polar surface area (TPSA) is 55.4 Å². The highest BCUT2D eigenvalue weighted by atomic mass is 32.2. The molecule has 110 valence electrons. The number of hydrogen-bond acceptors (Lipinski definition) is 4. The van der Waals surface area contributed by atoms with Gasteiger partial charge in [-0.25, -0.2) is 8.78 Å². The fraction of sp³-hybridized carbons (Fsp3) is 0.385. The van der Waals surface area contributed by atoms with Crippen molar-refractivity contribution in [2.75, 3.05) is 18.9 Å². The zero-order valence-electron chi connectivity index (χ0n) is 10.9. The normalized spacial score (nSPS) is 10.2. The third-order valence-corrected chi connectivity index (χ3v) is 3.22. The van der Waals surface area contributed by atoms with Gasteiger partial charge in [0.05, 0.1) is 6.61 Å². The zero-order chi connectivity index (χ0) is 15.0. The second-order valence-electron chi connectivity index (χ2n) is 3.76. The van der Waals surface area contributed by atoms with E-state index in [-0.39, 0.29) is 25.5 Å². The van der Waals surface area contributed by atoms with E-state index >= 15 is 0 Å². The molecule has 0 bridgehead atoms. The molecule has 0 radical (unpaired) electrons. The number of thioether (sulfide) groups is 1. The molecule has 0 spiro atoms. The third-order valence-electron chi connectivity index (χ3n) is 2.22. The molecule has 1 aromatic rings. The first-order valence-corrected chi connectivity index (χ1v) is 7.01.